The van der Waals surface area contributed by atoms with E-state index >= 15 is 0 Å². The topological polar surface area (TPSA) is 32.3 Å². The summed E-state index contributed by atoms with van der Waals surface area (Å²) in [6.45, 7) is 6.51. The molecule has 2 aliphatic rings. The van der Waals surface area contributed by atoms with Crippen LogP contribution in [0.25, 0.3) is 0 Å². The van der Waals surface area contributed by atoms with Gasteiger partial charge in [0.2, 0.25) is 5.91 Å². The van der Waals surface area contributed by atoms with Crippen molar-refractivity contribution in [1.82, 2.24) is 10.2 Å². The molecule has 0 aromatic rings. The minimum atomic E-state index is 0.0194. The third-order valence-corrected chi connectivity index (χ3v) is 4.34. The van der Waals surface area contributed by atoms with Gasteiger partial charge in [0.05, 0.1) is 12.2 Å². The lowest BCUT2D eigenvalue weighted by atomic mass is 9.86. The molecule has 1 heterocycles. The van der Waals surface area contributed by atoms with Gasteiger partial charge in [0.1, 0.15) is 0 Å². The molecule has 0 aromatic carbocycles. The summed E-state index contributed by atoms with van der Waals surface area (Å²) in [5.41, 5.74) is 0. The van der Waals surface area contributed by atoms with Crippen molar-refractivity contribution < 1.29 is 4.79 Å². The molecule has 1 saturated heterocycles. The Hall–Kier alpha value is -0.570. The molecule has 2 atom stereocenters. The molecule has 2 rings (SSSR count). The molecule has 17 heavy (non-hydrogen) atoms. The van der Waals surface area contributed by atoms with Crippen molar-refractivity contribution in [3.05, 3.63) is 0 Å². The molecule has 1 amide bonds. The lowest BCUT2D eigenvalue weighted by molar-refractivity contribution is -0.132. The van der Waals surface area contributed by atoms with E-state index in [1.807, 2.05) is 6.92 Å². The van der Waals surface area contributed by atoms with Crippen LogP contribution in [0, 0.1) is 5.92 Å². The SMILES string of the molecule is CCCC1NC(C)C(=O)N1C1CCC(C)CC1. The molecular formula is C14H26N2O. The first-order valence-electron chi connectivity index (χ1n) is 7.21. The molecule has 1 N–H and O–H groups in total. The molecule has 0 bridgehead atoms. The van der Waals surface area contributed by atoms with Gasteiger partial charge in [-0.05, 0) is 44.9 Å². The molecule has 1 saturated carbocycles. The van der Waals surface area contributed by atoms with E-state index in [2.05, 4.69) is 24.1 Å². The highest BCUT2D eigenvalue weighted by atomic mass is 16.2. The quantitative estimate of drug-likeness (QED) is 0.819. The smallest absolute Gasteiger partial charge is 0.240 e. The predicted octanol–water partition coefficient (Wildman–Crippen LogP) is 2.51. The fourth-order valence-electron chi connectivity index (χ4n) is 3.27. The van der Waals surface area contributed by atoms with Crippen molar-refractivity contribution >= 4 is 5.91 Å². The lowest BCUT2D eigenvalue weighted by Gasteiger charge is -2.37. The van der Waals surface area contributed by atoms with Crippen LogP contribution in [0.15, 0.2) is 0 Å². The molecule has 1 aliphatic heterocycles. The largest absolute Gasteiger partial charge is 0.323 e. The van der Waals surface area contributed by atoms with Crippen LogP contribution < -0.4 is 5.32 Å². The third-order valence-electron chi connectivity index (χ3n) is 4.34. The molecule has 1 aliphatic carbocycles. The summed E-state index contributed by atoms with van der Waals surface area (Å²) in [6, 6.07) is 0.513. The summed E-state index contributed by atoms with van der Waals surface area (Å²) >= 11 is 0. The number of nitrogens with one attached hydrogen (secondary N) is 1. The molecule has 3 heteroatoms. The average Bonchev–Trinajstić information content (AvgIpc) is 2.57. The second-order valence-corrected chi connectivity index (χ2v) is 5.85. The van der Waals surface area contributed by atoms with Gasteiger partial charge in [0.25, 0.3) is 0 Å². The van der Waals surface area contributed by atoms with Crippen molar-refractivity contribution in [1.29, 1.82) is 0 Å². The van der Waals surface area contributed by atoms with Gasteiger partial charge >= 0.3 is 0 Å². The van der Waals surface area contributed by atoms with E-state index in [0.29, 0.717) is 18.1 Å². The maximum absolute atomic E-state index is 12.2. The summed E-state index contributed by atoms with van der Waals surface area (Å²) in [4.78, 5) is 14.4. The van der Waals surface area contributed by atoms with E-state index in [0.717, 1.165) is 18.8 Å². The van der Waals surface area contributed by atoms with Crippen LogP contribution in [-0.2, 0) is 4.79 Å². The van der Waals surface area contributed by atoms with Gasteiger partial charge in [0.15, 0.2) is 0 Å². The van der Waals surface area contributed by atoms with Gasteiger partial charge < -0.3 is 4.90 Å². The zero-order valence-electron chi connectivity index (χ0n) is 11.4. The minimum absolute atomic E-state index is 0.0194. The number of nitrogens with zero attached hydrogens (tertiary/aromatic N) is 1. The summed E-state index contributed by atoms with van der Waals surface area (Å²) in [5.74, 6) is 1.17. The van der Waals surface area contributed by atoms with Crippen molar-refractivity contribution in [2.24, 2.45) is 5.92 Å². The molecule has 0 spiro atoms. The number of carbonyl (C=O) groups is 1. The minimum Gasteiger partial charge on any atom is -0.323 e. The Bertz CT molecular complexity index is 271. The van der Waals surface area contributed by atoms with Gasteiger partial charge in [-0.15, -0.1) is 0 Å². The van der Waals surface area contributed by atoms with Crippen LogP contribution >= 0.6 is 0 Å². The fourth-order valence-corrected chi connectivity index (χ4v) is 3.27. The highest BCUT2D eigenvalue weighted by molar-refractivity contribution is 5.84. The average molecular weight is 238 g/mol. The molecular weight excluding hydrogens is 212 g/mol. The number of hydrogen-bond donors (Lipinski definition) is 1. The molecule has 98 valence electrons. The lowest BCUT2D eigenvalue weighted by Crippen LogP contribution is -2.46. The van der Waals surface area contributed by atoms with Crippen LogP contribution in [0.5, 0.6) is 0 Å². The van der Waals surface area contributed by atoms with E-state index in [4.69, 9.17) is 0 Å². The van der Waals surface area contributed by atoms with Crippen LogP contribution in [0.4, 0.5) is 0 Å². The van der Waals surface area contributed by atoms with Gasteiger partial charge in [-0.2, -0.15) is 0 Å². The van der Waals surface area contributed by atoms with E-state index in [1.165, 1.54) is 25.7 Å². The predicted molar refractivity (Wildman–Crippen MR) is 69.6 cm³/mol. The number of carbonyl (C=O) groups excluding carboxylic acids is 1. The maximum Gasteiger partial charge on any atom is 0.240 e. The zero-order chi connectivity index (χ0) is 12.4. The second kappa shape index (κ2) is 5.38. The zero-order valence-corrected chi connectivity index (χ0v) is 11.4. The van der Waals surface area contributed by atoms with Crippen LogP contribution in [0.3, 0.4) is 0 Å². The monoisotopic (exact) mass is 238 g/mol. The van der Waals surface area contributed by atoms with E-state index in [9.17, 15) is 4.79 Å². The highest BCUT2D eigenvalue weighted by Crippen LogP contribution is 2.30. The van der Waals surface area contributed by atoms with Crippen molar-refractivity contribution in [3.8, 4) is 0 Å². The number of rotatable bonds is 3. The maximum atomic E-state index is 12.2. The molecule has 2 fully saturated rings. The van der Waals surface area contributed by atoms with Gasteiger partial charge in [-0.3, -0.25) is 10.1 Å². The fraction of sp³-hybridized carbons (Fsp3) is 0.929. The van der Waals surface area contributed by atoms with Crippen molar-refractivity contribution in [2.45, 2.75) is 77.5 Å². The second-order valence-electron chi connectivity index (χ2n) is 5.85. The van der Waals surface area contributed by atoms with E-state index in [-0.39, 0.29) is 6.04 Å². The van der Waals surface area contributed by atoms with Crippen LogP contribution in [-0.4, -0.2) is 29.1 Å². The molecule has 3 nitrogen and oxygen atoms in total. The Morgan fingerprint density at radius 2 is 1.88 bits per heavy atom. The Morgan fingerprint density at radius 3 is 2.47 bits per heavy atom. The van der Waals surface area contributed by atoms with Crippen LogP contribution in [0.2, 0.25) is 0 Å². The Morgan fingerprint density at radius 1 is 1.24 bits per heavy atom. The first-order valence-corrected chi connectivity index (χ1v) is 7.21. The normalized spacial score (nSPS) is 38.8. The number of hydrogen-bond acceptors (Lipinski definition) is 2. The van der Waals surface area contributed by atoms with Crippen LogP contribution in [0.1, 0.15) is 59.3 Å². The van der Waals surface area contributed by atoms with Crippen molar-refractivity contribution in [3.63, 3.8) is 0 Å². The van der Waals surface area contributed by atoms with Crippen molar-refractivity contribution in [2.75, 3.05) is 0 Å². The highest BCUT2D eigenvalue weighted by Gasteiger charge is 2.40. The van der Waals surface area contributed by atoms with Gasteiger partial charge in [-0.1, -0.05) is 20.3 Å². The van der Waals surface area contributed by atoms with E-state index < -0.39 is 0 Å². The third kappa shape index (κ3) is 2.65. The van der Waals surface area contributed by atoms with E-state index in [1.54, 1.807) is 0 Å². The van der Waals surface area contributed by atoms with Gasteiger partial charge in [-0.25, -0.2) is 0 Å². The van der Waals surface area contributed by atoms with Gasteiger partial charge in [0, 0.05) is 6.04 Å². The first-order chi connectivity index (χ1) is 8.13. The molecule has 0 aromatic heterocycles. The summed E-state index contributed by atoms with van der Waals surface area (Å²) < 4.78 is 0. The standard InChI is InChI=1S/C14H26N2O/c1-4-5-13-15-11(3)14(17)16(13)12-8-6-10(2)7-9-12/h10-13,15H,4-9H2,1-3H3. The first kappa shape index (κ1) is 12.9. The molecule has 0 radical (unpaired) electrons. The molecule has 2 unspecified atom stereocenters. The Kier molecular flexibility index (Phi) is 4.08. The summed E-state index contributed by atoms with van der Waals surface area (Å²) in [5, 5.41) is 3.44. The number of amides is 1. The Labute approximate surface area is 105 Å². The Balaban J connectivity index is 2.03. The summed E-state index contributed by atoms with van der Waals surface area (Å²) in [7, 11) is 0. The summed E-state index contributed by atoms with van der Waals surface area (Å²) in [6.07, 6.45) is 7.46.